The molecule has 35 heavy (non-hydrogen) atoms. The van der Waals surface area contributed by atoms with E-state index < -0.39 is 0 Å². The molecule has 6 heteroatoms. The molecule has 3 aliphatic rings. The van der Waals surface area contributed by atoms with Gasteiger partial charge in [0, 0.05) is 74.3 Å². The molecule has 184 valence electrons. The minimum absolute atomic E-state index is 0.154. The molecular weight excluding hydrogens is 454 g/mol. The highest BCUT2D eigenvalue weighted by Crippen LogP contribution is 2.36. The number of nitrogens with zero attached hydrogens (tertiary/aromatic N) is 3. The van der Waals surface area contributed by atoms with E-state index in [9.17, 15) is 4.79 Å². The largest absolute Gasteiger partial charge is 0.381 e. The Kier molecular flexibility index (Phi) is 6.61. The summed E-state index contributed by atoms with van der Waals surface area (Å²) in [6.07, 6.45) is 5.41. The number of hydrogen-bond donors (Lipinski definition) is 0. The van der Waals surface area contributed by atoms with E-state index in [1.807, 2.05) is 16.8 Å². The number of benzene rings is 2. The molecule has 1 fully saturated rings. The van der Waals surface area contributed by atoms with Crippen LogP contribution >= 0.6 is 11.9 Å². The van der Waals surface area contributed by atoms with Crippen LogP contribution in [-0.4, -0.2) is 57.8 Å². The molecule has 6 rings (SSSR count). The summed E-state index contributed by atoms with van der Waals surface area (Å²) in [5.74, 6) is 1.26. The summed E-state index contributed by atoms with van der Waals surface area (Å²) in [4.78, 5) is 18.3. The van der Waals surface area contributed by atoms with Crippen molar-refractivity contribution in [3.05, 3.63) is 70.4 Å². The first kappa shape index (κ1) is 23.1. The number of aromatic nitrogens is 1. The molecule has 3 aliphatic heterocycles. The third-order valence-electron chi connectivity index (χ3n) is 7.93. The maximum Gasteiger partial charge on any atom is 0.254 e. The van der Waals surface area contributed by atoms with E-state index in [0.717, 1.165) is 76.3 Å². The zero-order valence-electron chi connectivity index (χ0n) is 20.7. The molecule has 1 aromatic heterocycles. The van der Waals surface area contributed by atoms with Gasteiger partial charge in [-0.2, -0.15) is 0 Å². The number of fused-ring (bicyclic) bond motifs is 4. The lowest BCUT2D eigenvalue weighted by Crippen LogP contribution is -2.42. The van der Waals surface area contributed by atoms with Crippen molar-refractivity contribution in [2.24, 2.45) is 0 Å². The van der Waals surface area contributed by atoms with Gasteiger partial charge in [0.2, 0.25) is 0 Å². The molecule has 0 radical (unpaired) electrons. The van der Waals surface area contributed by atoms with Gasteiger partial charge >= 0.3 is 0 Å². The Hall–Kier alpha value is -2.28. The second-order valence-corrected chi connectivity index (χ2v) is 11.1. The van der Waals surface area contributed by atoms with E-state index in [2.05, 4.69) is 58.3 Å². The normalized spacial score (nSPS) is 19.1. The number of rotatable bonds is 5. The van der Waals surface area contributed by atoms with Gasteiger partial charge in [-0.3, -0.25) is 13.7 Å². The topological polar surface area (TPSA) is 37.7 Å². The van der Waals surface area contributed by atoms with E-state index in [1.54, 1.807) is 0 Å². The molecule has 5 nitrogen and oxygen atoms in total. The number of hydrogen-bond acceptors (Lipinski definition) is 4. The molecule has 0 saturated carbocycles. The third kappa shape index (κ3) is 4.41. The van der Waals surface area contributed by atoms with Gasteiger partial charge in [0.05, 0.1) is 5.52 Å². The van der Waals surface area contributed by atoms with Crippen LogP contribution in [0.5, 0.6) is 0 Å². The maximum atomic E-state index is 13.6. The van der Waals surface area contributed by atoms with Crippen LogP contribution in [0.2, 0.25) is 0 Å². The minimum atomic E-state index is 0.154. The summed E-state index contributed by atoms with van der Waals surface area (Å²) >= 11 is 1.93. The van der Waals surface area contributed by atoms with Gasteiger partial charge in [-0.05, 0) is 72.5 Å². The second kappa shape index (κ2) is 10.00. The smallest absolute Gasteiger partial charge is 0.254 e. The summed E-state index contributed by atoms with van der Waals surface area (Å²) in [5.41, 5.74) is 7.63. The van der Waals surface area contributed by atoms with Gasteiger partial charge < -0.3 is 9.64 Å². The predicted molar refractivity (Wildman–Crippen MR) is 143 cm³/mol. The average Bonchev–Trinajstić information content (AvgIpc) is 3.23. The monoisotopic (exact) mass is 489 g/mol. The van der Waals surface area contributed by atoms with Crippen LogP contribution in [0.1, 0.15) is 58.9 Å². The summed E-state index contributed by atoms with van der Waals surface area (Å²) in [5, 5.41) is 1.27. The molecule has 1 saturated heterocycles. The average molecular weight is 490 g/mol. The van der Waals surface area contributed by atoms with Crippen LogP contribution in [0.3, 0.4) is 0 Å². The number of ether oxygens (including phenoxy) is 1. The SMILES string of the molecule is CCCSn1c2c(c3cc(C(=O)N4CCc5ccccc5C4)ccc31)CN(C1CCOCC1)CC2. The van der Waals surface area contributed by atoms with E-state index in [1.165, 1.54) is 33.3 Å². The summed E-state index contributed by atoms with van der Waals surface area (Å²) in [7, 11) is 0. The van der Waals surface area contributed by atoms with Gasteiger partial charge in [0.15, 0.2) is 0 Å². The highest BCUT2D eigenvalue weighted by Gasteiger charge is 2.30. The van der Waals surface area contributed by atoms with Crippen molar-refractivity contribution in [3.8, 4) is 0 Å². The minimum Gasteiger partial charge on any atom is -0.381 e. The Bertz CT molecular complexity index is 1230. The highest BCUT2D eigenvalue weighted by molar-refractivity contribution is 7.98. The van der Waals surface area contributed by atoms with Gasteiger partial charge in [0.1, 0.15) is 0 Å². The molecular formula is C29H35N3O2S. The van der Waals surface area contributed by atoms with Crippen LogP contribution in [0, 0.1) is 0 Å². The Morgan fingerprint density at radius 2 is 1.86 bits per heavy atom. The maximum absolute atomic E-state index is 13.6. The molecule has 0 unspecified atom stereocenters. The van der Waals surface area contributed by atoms with Crippen LogP contribution in [-0.2, 0) is 30.7 Å². The second-order valence-electron chi connectivity index (χ2n) is 10.1. The fourth-order valence-corrected chi connectivity index (χ4v) is 7.04. The van der Waals surface area contributed by atoms with Gasteiger partial charge in [-0.15, -0.1) is 0 Å². The Morgan fingerprint density at radius 1 is 1.03 bits per heavy atom. The van der Waals surface area contributed by atoms with Gasteiger partial charge in [0.25, 0.3) is 5.91 Å². The standard InChI is InChI=1S/C29H35N3O2S/c1-2-17-35-32-27-8-7-22(29(33)31-13-9-21-5-3-4-6-23(21)19-31)18-25(27)26-20-30(14-10-28(26)32)24-11-15-34-16-12-24/h3-8,18,24H,2,9-17,19-20H2,1H3. The fraction of sp³-hybridized carbons (Fsp3) is 0.483. The molecule has 1 amide bonds. The number of amides is 1. The lowest BCUT2D eigenvalue weighted by atomic mass is 9.98. The quantitative estimate of drug-likeness (QED) is 0.489. The first-order valence-electron chi connectivity index (χ1n) is 13.2. The highest BCUT2D eigenvalue weighted by atomic mass is 32.2. The molecule has 3 aromatic rings. The van der Waals surface area contributed by atoms with Crippen molar-refractivity contribution >= 4 is 28.8 Å². The predicted octanol–water partition coefficient (Wildman–Crippen LogP) is 5.28. The molecule has 0 N–H and O–H groups in total. The van der Waals surface area contributed by atoms with Crippen molar-refractivity contribution in [1.82, 2.24) is 13.8 Å². The van der Waals surface area contributed by atoms with E-state index in [-0.39, 0.29) is 5.91 Å². The Balaban J connectivity index is 1.33. The molecule has 4 heterocycles. The Labute approximate surface area is 212 Å². The van der Waals surface area contributed by atoms with Crippen LogP contribution in [0.4, 0.5) is 0 Å². The number of carbonyl (C=O) groups is 1. The first-order valence-corrected chi connectivity index (χ1v) is 14.1. The zero-order chi connectivity index (χ0) is 23.8. The molecule has 0 spiro atoms. The van der Waals surface area contributed by atoms with Gasteiger partial charge in [-0.25, -0.2) is 0 Å². The van der Waals surface area contributed by atoms with E-state index in [4.69, 9.17) is 4.74 Å². The molecule has 0 aliphatic carbocycles. The van der Waals surface area contributed by atoms with Crippen molar-refractivity contribution in [2.75, 3.05) is 32.1 Å². The van der Waals surface area contributed by atoms with Crippen LogP contribution in [0.25, 0.3) is 10.9 Å². The third-order valence-corrected chi connectivity index (χ3v) is 9.19. The molecule has 2 aromatic carbocycles. The lowest BCUT2D eigenvalue weighted by Gasteiger charge is -2.37. The summed E-state index contributed by atoms with van der Waals surface area (Å²) in [6.45, 7) is 7.57. The fourth-order valence-electron chi connectivity index (χ4n) is 6.02. The molecule has 0 atom stereocenters. The van der Waals surface area contributed by atoms with Gasteiger partial charge in [-0.1, -0.05) is 31.2 Å². The number of carbonyl (C=O) groups excluding carboxylic acids is 1. The van der Waals surface area contributed by atoms with Crippen molar-refractivity contribution in [1.29, 1.82) is 0 Å². The van der Waals surface area contributed by atoms with E-state index in [0.29, 0.717) is 12.6 Å². The summed E-state index contributed by atoms with van der Waals surface area (Å²) in [6, 6.07) is 15.6. The van der Waals surface area contributed by atoms with Crippen molar-refractivity contribution in [2.45, 2.75) is 58.2 Å². The molecule has 0 bridgehead atoms. The van der Waals surface area contributed by atoms with Crippen molar-refractivity contribution in [3.63, 3.8) is 0 Å². The first-order chi connectivity index (χ1) is 17.2. The Morgan fingerprint density at radius 3 is 2.69 bits per heavy atom. The zero-order valence-corrected chi connectivity index (χ0v) is 21.5. The summed E-state index contributed by atoms with van der Waals surface area (Å²) < 4.78 is 8.10. The van der Waals surface area contributed by atoms with Crippen molar-refractivity contribution < 1.29 is 9.53 Å². The van der Waals surface area contributed by atoms with Crippen LogP contribution < -0.4 is 0 Å². The van der Waals surface area contributed by atoms with Crippen LogP contribution in [0.15, 0.2) is 42.5 Å². The van der Waals surface area contributed by atoms with E-state index >= 15 is 0 Å². The lowest BCUT2D eigenvalue weighted by molar-refractivity contribution is 0.0291.